The summed E-state index contributed by atoms with van der Waals surface area (Å²) in [6.45, 7) is 0.302. The number of hydrogen-bond donors (Lipinski definition) is 0. The van der Waals surface area contributed by atoms with Gasteiger partial charge < -0.3 is 13.9 Å². The summed E-state index contributed by atoms with van der Waals surface area (Å²) in [7, 11) is 1.55. The molecule has 0 aliphatic heterocycles. The normalized spacial score (nSPS) is 11.5. The molecule has 0 fully saturated rings. The second kappa shape index (κ2) is 11.9. The van der Waals surface area contributed by atoms with Gasteiger partial charge in [0.1, 0.15) is 12.2 Å². The van der Waals surface area contributed by atoms with E-state index >= 15 is 0 Å². The van der Waals surface area contributed by atoms with Crippen LogP contribution in [0.2, 0.25) is 10.0 Å². The summed E-state index contributed by atoms with van der Waals surface area (Å²) in [5, 5.41) is 6.99. The Labute approximate surface area is 266 Å². The molecule has 0 bridgehead atoms. The van der Waals surface area contributed by atoms with Gasteiger partial charge in [-0.1, -0.05) is 47.5 Å². The van der Waals surface area contributed by atoms with Crippen molar-refractivity contribution in [2.24, 2.45) is 5.10 Å². The van der Waals surface area contributed by atoms with Crippen molar-refractivity contribution in [3.05, 3.63) is 119 Å². The number of nitrogens with zero attached hydrogens (tertiary/aromatic N) is 3. The van der Waals surface area contributed by atoms with Crippen LogP contribution in [0, 0.1) is 0 Å². The molecule has 6 aromatic rings. The summed E-state index contributed by atoms with van der Waals surface area (Å²) >= 11 is 19.4. The fourth-order valence-electron chi connectivity index (χ4n) is 4.36. The minimum Gasteiger partial charge on any atom is -0.493 e. The average Bonchev–Trinajstić information content (AvgIpc) is 3.42. The Balaban J connectivity index is 1.42. The highest BCUT2D eigenvalue weighted by molar-refractivity contribution is 9.13. The van der Waals surface area contributed by atoms with E-state index in [2.05, 4.69) is 37.0 Å². The Hall–Kier alpha value is -3.63. The Morgan fingerprint density at radius 3 is 2.52 bits per heavy atom. The van der Waals surface area contributed by atoms with Crippen molar-refractivity contribution >= 4 is 83.1 Å². The van der Waals surface area contributed by atoms with Crippen molar-refractivity contribution in [3.63, 3.8) is 0 Å². The zero-order valence-electron chi connectivity index (χ0n) is 21.8. The molecule has 11 heteroatoms. The second-order valence-corrected chi connectivity index (χ2v) is 11.6. The summed E-state index contributed by atoms with van der Waals surface area (Å²) in [6, 6.07) is 23.3. The molecule has 42 heavy (non-hydrogen) atoms. The minimum atomic E-state index is -0.351. The summed E-state index contributed by atoms with van der Waals surface area (Å²) in [4.78, 5) is 18.4. The van der Waals surface area contributed by atoms with Gasteiger partial charge in [0.05, 0.1) is 28.7 Å². The number of furan rings is 1. The first-order valence-corrected chi connectivity index (χ1v) is 14.9. The molecular weight excluding hydrogens is 709 g/mol. The standard InChI is InChI=1S/C31H19Br2Cl2N3O4/c1-40-25-14-19(27(32)28(33)29(25)41-16-17-6-8-20(34)9-7-17)15-36-38-30(37-23-5-3-2-4-22(23)31(38)39)26-13-18-12-21(35)10-11-24(18)42-26/h2-15H,16H2,1H3. The topological polar surface area (TPSA) is 78.9 Å². The smallest absolute Gasteiger partial charge is 0.282 e. The van der Waals surface area contributed by atoms with Crippen molar-refractivity contribution in [2.45, 2.75) is 6.61 Å². The quantitative estimate of drug-likeness (QED) is 0.153. The fourth-order valence-corrected chi connectivity index (χ4v) is 5.60. The highest BCUT2D eigenvalue weighted by Crippen LogP contribution is 2.42. The van der Waals surface area contributed by atoms with E-state index in [-0.39, 0.29) is 11.4 Å². The van der Waals surface area contributed by atoms with E-state index in [4.69, 9.17) is 42.1 Å². The fraction of sp³-hybridized carbons (Fsp3) is 0.0645. The van der Waals surface area contributed by atoms with Gasteiger partial charge in [0.25, 0.3) is 5.56 Å². The number of para-hydroxylation sites is 1. The Morgan fingerprint density at radius 2 is 1.74 bits per heavy atom. The van der Waals surface area contributed by atoms with Gasteiger partial charge in [-0.3, -0.25) is 4.79 Å². The summed E-state index contributed by atoms with van der Waals surface area (Å²) in [5.74, 6) is 1.59. The lowest BCUT2D eigenvalue weighted by Crippen LogP contribution is -2.20. The SMILES string of the molecule is COc1cc(C=Nn2c(-c3cc4cc(Cl)ccc4o3)nc3ccccc3c2=O)c(Br)c(Br)c1OCc1ccc(Cl)cc1. The third-order valence-corrected chi connectivity index (χ3v) is 9.07. The van der Waals surface area contributed by atoms with E-state index in [1.807, 2.05) is 18.2 Å². The van der Waals surface area contributed by atoms with Crippen LogP contribution in [0.5, 0.6) is 11.5 Å². The van der Waals surface area contributed by atoms with E-state index in [1.54, 1.807) is 74.0 Å². The second-order valence-electron chi connectivity index (χ2n) is 9.15. The molecule has 6 rings (SSSR count). The van der Waals surface area contributed by atoms with Crippen LogP contribution in [0.4, 0.5) is 0 Å². The molecule has 7 nitrogen and oxygen atoms in total. The number of halogens is 4. The monoisotopic (exact) mass is 725 g/mol. The van der Waals surface area contributed by atoms with Crippen molar-refractivity contribution < 1.29 is 13.9 Å². The maximum Gasteiger partial charge on any atom is 0.282 e. The molecule has 0 aliphatic rings. The van der Waals surface area contributed by atoms with Crippen LogP contribution in [-0.2, 0) is 6.61 Å². The molecule has 0 aliphatic carbocycles. The van der Waals surface area contributed by atoms with Gasteiger partial charge >= 0.3 is 0 Å². The molecule has 210 valence electrons. The molecule has 4 aromatic carbocycles. The zero-order chi connectivity index (χ0) is 29.4. The van der Waals surface area contributed by atoms with E-state index in [0.717, 1.165) is 10.9 Å². The highest BCUT2D eigenvalue weighted by Gasteiger charge is 2.19. The van der Waals surface area contributed by atoms with Crippen LogP contribution >= 0.6 is 55.1 Å². The number of ether oxygens (including phenoxy) is 2. The molecule has 2 aromatic heterocycles. The van der Waals surface area contributed by atoms with Crippen molar-refractivity contribution in [1.82, 2.24) is 9.66 Å². The first-order valence-electron chi connectivity index (χ1n) is 12.5. The van der Waals surface area contributed by atoms with Gasteiger partial charge in [-0.05, 0) is 92.0 Å². The molecule has 0 saturated heterocycles. The Bertz CT molecular complexity index is 2060. The molecule has 0 radical (unpaired) electrons. The predicted octanol–water partition coefficient (Wildman–Crippen LogP) is 9.11. The van der Waals surface area contributed by atoms with Crippen molar-refractivity contribution in [3.8, 4) is 23.1 Å². The van der Waals surface area contributed by atoms with Gasteiger partial charge in [-0.15, -0.1) is 0 Å². The molecule has 0 spiro atoms. The van der Waals surface area contributed by atoms with E-state index in [1.165, 1.54) is 4.68 Å². The number of rotatable bonds is 7. The largest absolute Gasteiger partial charge is 0.493 e. The molecule has 2 heterocycles. The van der Waals surface area contributed by atoms with Crippen LogP contribution in [0.25, 0.3) is 33.5 Å². The van der Waals surface area contributed by atoms with E-state index in [0.29, 0.717) is 64.9 Å². The number of methoxy groups -OCH3 is 1. The lowest BCUT2D eigenvalue weighted by atomic mass is 10.2. The van der Waals surface area contributed by atoms with E-state index < -0.39 is 0 Å². The predicted molar refractivity (Wildman–Crippen MR) is 173 cm³/mol. The molecule has 0 unspecified atom stereocenters. The maximum atomic E-state index is 13.7. The van der Waals surface area contributed by atoms with Gasteiger partial charge in [0.2, 0.25) is 5.82 Å². The first-order chi connectivity index (χ1) is 20.3. The first kappa shape index (κ1) is 28.5. The van der Waals surface area contributed by atoms with Crippen LogP contribution in [0.15, 0.2) is 102 Å². The Morgan fingerprint density at radius 1 is 0.976 bits per heavy atom. The van der Waals surface area contributed by atoms with Crippen LogP contribution in [0.3, 0.4) is 0 Å². The van der Waals surface area contributed by atoms with Crippen LogP contribution in [-0.4, -0.2) is 23.0 Å². The van der Waals surface area contributed by atoms with E-state index in [9.17, 15) is 4.79 Å². The lowest BCUT2D eigenvalue weighted by molar-refractivity contribution is 0.282. The van der Waals surface area contributed by atoms with Crippen molar-refractivity contribution in [1.29, 1.82) is 0 Å². The van der Waals surface area contributed by atoms with Gasteiger partial charge in [0, 0.05) is 25.5 Å². The summed E-state index contributed by atoms with van der Waals surface area (Å²) in [6.07, 6.45) is 1.54. The van der Waals surface area contributed by atoms with Gasteiger partial charge in [0.15, 0.2) is 17.3 Å². The van der Waals surface area contributed by atoms with Gasteiger partial charge in [-0.2, -0.15) is 9.78 Å². The van der Waals surface area contributed by atoms with Crippen LogP contribution < -0.4 is 15.0 Å². The molecule has 0 amide bonds. The molecule has 0 atom stereocenters. The molecule has 0 N–H and O–H groups in total. The average molecular weight is 728 g/mol. The number of aromatic nitrogens is 2. The number of fused-ring (bicyclic) bond motifs is 2. The molecule has 0 saturated carbocycles. The van der Waals surface area contributed by atoms with Gasteiger partial charge in [-0.25, -0.2) is 4.98 Å². The highest BCUT2D eigenvalue weighted by atomic mass is 79.9. The lowest BCUT2D eigenvalue weighted by Gasteiger charge is -2.15. The molecular formula is C31H19Br2Cl2N3O4. The summed E-state index contributed by atoms with van der Waals surface area (Å²) in [5.41, 5.74) is 2.35. The number of hydrogen-bond acceptors (Lipinski definition) is 6. The van der Waals surface area contributed by atoms with Crippen LogP contribution in [0.1, 0.15) is 11.1 Å². The minimum absolute atomic E-state index is 0.243. The Kier molecular flexibility index (Phi) is 8.09. The summed E-state index contributed by atoms with van der Waals surface area (Å²) < 4.78 is 20.3. The maximum absolute atomic E-state index is 13.7. The van der Waals surface area contributed by atoms with Crippen molar-refractivity contribution in [2.75, 3.05) is 7.11 Å². The number of benzene rings is 4. The third kappa shape index (κ3) is 5.57. The third-order valence-electron chi connectivity index (χ3n) is 6.44. The zero-order valence-corrected chi connectivity index (χ0v) is 26.5.